The highest BCUT2D eigenvalue weighted by molar-refractivity contribution is 6.41. The van der Waals surface area contributed by atoms with Crippen LogP contribution < -0.4 is 9.47 Å². The molecule has 1 aromatic heterocycles. The number of methoxy groups -OCH3 is 1. The molecule has 5 heteroatoms. The molecule has 0 radical (unpaired) electrons. The van der Waals surface area contributed by atoms with Crippen molar-refractivity contribution in [3.8, 4) is 11.5 Å². The summed E-state index contributed by atoms with van der Waals surface area (Å²) in [4.78, 5) is 25.6. The standard InChI is InChI=1S/C26H24O5/c1-14-22(25(28)26(2,3)24(14)27)21-12-17-20(30-21)13-19(29-4)16-10-11-18(31-23(16)17)15-8-6-5-7-9-15/h5-9,12-13,18H,10-11H2,1-4H3/t18-/m0/s1. The van der Waals surface area contributed by atoms with Gasteiger partial charge in [-0.2, -0.15) is 0 Å². The molecule has 0 amide bonds. The first-order valence-electron chi connectivity index (χ1n) is 10.5. The molecular weight excluding hydrogens is 392 g/mol. The van der Waals surface area contributed by atoms with Gasteiger partial charge in [-0.3, -0.25) is 9.59 Å². The summed E-state index contributed by atoms with van der Waals surface area (Å²) < 4.78 is 18.2. The van der Waals surface area contributed by atoms with Crippen LogP contribution in [0.4, 0.5) is 0 Å². The fourth-order valence-corrected chi connectivity index (χ4v) is 4.69. The van der Waals surface area contributed by atoms with E-state index in [1.165, 1.54) is 0 Å². The van der Waals surface area contributed by atoms with Crippen LogP contribution in [0.15, 0.2) is 52.5 Å². The molecule has 5 nitrogen and oxygen atoms in total. The summed E-state index contributed by atoms with van der Waals surface area (Å²) in [6.07, 6.45) is 1.58. The van der Waals surface area contributed by atoms with Gasteiger partial charge in [0.15, 0.2) is 11.6 Å². The number of rotatable bonds is 3. The van der Waals surface area contributed by atoms with Crippen molar-refractivity contribution in [1.82, 2.24) is 0 Å². The van der Waals surface area contributed by atoms with E-state index in [0.717, 1.165) is 35.1 Å². The number of hydrogen-bond acceptors (Lipinski definition) is 5. The van der Waals surface area contributed by atoms with Crippen LogP contribution in [-0.2, 0) is 16.0 Å². The van der Waals surface area contributed by atoms with Crippen molar-refractivity contribution in [2.75, 3.05) is 7.11 Å². The number of furan rings is 1. The number of carbonyl (C=O) groups excluding carboxylic acids is 2. The summed E-state index contributed by atoms with van der Waals surface area (Å²) in [5, 5.41) is 0.789. The van der Waals surface area contributed by atoms with E-state index in [4.69, 9.17) is 13.9 Å². The Morgan fingerprint density at radius 3 is 2.45 bits per heavy atom. The number of Topliss-reactive ketones (excluding diaryl/α,β-unsaturated/α-hetero) is 2. The van der Waals surface area contributed by atoms with E-state index in [1.807, 2.05) is 30.3 Å². The molecule has 5 rings (SSSR count). The minimum absolute atomic E-state index is 0.0723. The van der Waals surface area contributed by atoms with Crippen molar-refractivity contribution in [2.45, 2.75) is 39.7 Å². The third-order valence-electron chi connectivity index (χ3n) is 6.47. The molecule has 0 saturated heterocycles. The minimum Gasteiger partial charge on any atom is -0.496 e. The van der Waals surface area contributed by atoms with E-state index in [9.17, 15) is 9.59 Å². The predicted molar refractivity (Wildman–Crippen MR) is 117 cm³/mol. The van der Waals surface area contributed by atoms with Crippen molar-refractivity contribution in [1.29, 1.82) is 0 Å². The van der Waals surface area contributed by atoms with E-state index in [1.54, 1.807) is 27.9 Å². The number of carbonyl (C=O) groups is 2. The first kappa shape index (κ1) is 19.6. The summed E-state index contributed by atoms with van der Waals surface area (Å²) in [6.45, 7) is 5.01. The van der Waals surface area contributed by atoms with E-state index >= 15 is 0 Å². The summed E-state index contributed by atoms with van der Waals surface area (Å²) in [7, 11) is 1.63. The average Bonchev–Trinajstić information content (AvgIpc) is 3.27. The lowest BCUT2D eigenvalue weighted by Gasteiger charge is -2.28. The molecule has 0 bridgehead atoms. The van der Waals surface area contributed by atoms with Gasteiger partial charge in [-0.05, 0) is 45.2 Å². The summed E-state index contributed by atoms with van der Waals surface area (Å²) in [5.41, 5.74) is 2.42. The second-order valence-electron chi connectivity index (χ2n) is 8.75. The molecule has 31 heavy (non-hydrogen) atoms. The SMILES string of the molecule is COc1cc2oc(C3=C(C)C(=O)C(C)(C)C3=O)cc2c2c1CC[C@@H](c1ccccc1)O2. The number of fused-ring (bicyclic) bond motifs is 3. The van der Waals surface area contributed by atoms with E-state index in [0.29, 0.717) is 28.2 Å². The molecular formula is C26H24O5. The third-order valence-corrected chi connectivity index (χ3v) is 6.47. The van der Waals surface area contributed by atoms with Crippen molar-refractivity contribution in [3.05, 3.63) is 64.9 Å². The Labute approximate surface area is 180 Å². The summed E-state index contributed by atoms with van der Waals surface area (Å²) in [6, 6.07) is 13.8. The number of benzene rings is 2. The highest BCUT2D eigenvalue weighted by Gasteiger charge is 2.47. The summed E-state index contributed by atoms with van der Waals surface area (Å²) >= 11 is 0. The van der Waals surface area contributed by atoms with Gasteiger partial charge < -0.3 is 13.9 Å². The maximum atomic E-state index is 13.0. The van der Waals surface area contributed by atoms with Crippen LogP contribution in [0.25, 0.3) is 16.5 Å². The monoisotopic (exact) mass is 416 g/mol. The van der Waals surface area contributed by atoms with Crippen molar-refractivity contribution in [2.24, 2.45) is 5.41 Å². The maximum absolute atomic E-state index is 13.0. The maximum Gasteiger partial charge on any atom is 0.180 e. The molecule has 2 aromatic carbocycles. The smallest absolute Gasteiger partial charge is 0.180 e. The topological polar surface area (TPSA) is 65.7 Å². The molecule has 3 aromatic rings. The highest BCUT2D eigenvalue weighted by atomic mass is 16.5. The molecule has 0 saturated carbocycles. The lowest BCUT2D eigenvalue weighted by molar-refractivity contribution is -0.131. The first-order chi connectivity index (χ1) is 14.8. The van der Waals surface area contributed by atoms with Gasteiger partial charge in [0.25, 0.3) is 0 Å². The van der Waals surface area contributed by atoms with Crippen LogP contribution >= 0.6 is 0 Å². The second-order valence-corrected chi connectivity index (χ2v) is 8.75. The van der Waals surface area contributed by atoms with Crippen molar-refractivity contribution in [3.63, 3.8) is 0 Å². The predicted octanol–water partition coefficient (Wildman–Crippen LogP) is 5.46. The van der Waals surface area contributed by atoms with Gasteiger partial charge in [-0.1, -0.05) is 30.3 Å². The molecule has 0 N–H and O–H groups in total. The summed E-state index contributed by atoms with van der Waals surface area (Å²) in [5.74, 6) is 1.46. The second kappa shape index (κ2) is 6.84. The molecule has 2 heterocycles. The molecule has 0 fully saturated rings. The Hall–Kier alpha value is -3.34. The molecule has 1 atom stereocenters. The number of ether oxygens (including phenoxy) is 2. The van der Waals surface area contributed by atoms with Gasteiger partial charge in [0.05, 0.1) is 23.5 Å². The first-order valence-corrected chi connectivity index (χ1v) is 10.5. The molecule has 0 spiro atoms. The fourth-order valence-electron chi connectivity index (χ4n) is 4.69. The Morgan fingerprint density at radius 1 is 1.06 bits per heavy atom. The van der Waals surface area contributed by atoms with E-state index in [-0.39, 0.29) is 17.7 Å². The Morgan fingerprint density at radius 2 is 1.81 bits per heavy atom. The Bertz CT molecular complexity index is 1260. The van der Waals surface area contributed by atoms with Crippen LogP contribution in [0.3, 0.4) is 0 Å². The van der Waals surface area contributed by atoms with Crippen LogP contribution in [0.1, 0.15) is 50.2 Å². The van der Waals surface area contributed by atoms with Crippen molar-refractivity contribution < 1.29 is 23.5 Å². The van der Waals surface area contributed by atoms with E-state index in [2.05, 4.69) is 12.1 Å². The van der Waals surface area contributed by atoms with Crippen molar-refractivity contribution >= 4 is 28.1 Å². The van der Waals surface area contributed by atoms with Crippen LogP contribution in [-0.4, -0.2) is 18.7 Å². The van der Waals surface area contributed by atoms with Gasteiger partial charge >= 0.3 is 0 Å². The highest BCUT2D eigenvalue weighted by Crippen LogP contribution is 2.48. The normalized spacial score (nSPS) is 20.2. The fraction of sp³-hybridized carbons (Fsp3) is 0.308. The Kier molecular flexibility index (Phi) is 4.33. The lowest BCUT2D eigenvalue weighted by Crippen LogP contribution is -2.27. The molecule has 158 valence electrons. The number of allylic oxidation sites excluding steroid dienone is 2. The van der Waals surface area contributed by atoms with Crippen LogP contribution in [0.5, 0.6) is 11.5 Å². The molecule has 1 aliphatic carbocycles. The van der Waals surface area contributed by atoms with Gasteiger partial charge in [-0.25, -0.2) is 0 Å². The largest absolute Gasteiger partial charge is 0.496 e. The zero-order valence-electron chi connectivity index (χ0n) is 18.1. The van der Waals surface area contributed by atoms with Gasteiger partial charge in [-0.15, -0.1) is 0 Å². The third kappa shape index (κ3) is 2.83. The van der Waals surface area contributed by atoms with Gasteiger partial charge in [0.2, 0.25) is 0 Å². The van der Waals surface area contributed by atoms with E-state index < -0.39 is 5.41 Å². The zero-order valence-corrected chi connectivity index (χ0v) is 18.1. The quantitative estimate of drug-likeness (QED) is 0.531. The Balaban J connectivity index is 1.66. The molecule has 1 aliphatic heterocycles. The average molecular weight is 416 g/mol. The number of hydrogen-bond donors (Lipinski definition) is 0. The molecule has 0 unspecified atom stereocenters. The number of ketones is 2. The van der Waals surface area contributed by atoms with Crippen LogP contribution in [0.2, 0.25) is 0 Å². The zero-order chi connectivity index (χ0) is 21.9. The molecule has 2 aliphatic rings. The van der Waals surface area contributed by atoms with Gasteiger partial charge in [0.1, 0.15) is 28.9 Å². The minimum atomic E-state index is -1.07. The van der Waals surface area contributed by atoms with Gasteiger partial charge in [0, 0.05) is 17.2 Å². The van der Waals surface area contributed by atoms with Crippen LogP contribution in [0, 0.1) is 5.41 Å². The lowest BCUT2D eigenvalue weighted by atomic mass is 9.86.